The van der Waals surface area contributed by atoms with Crippen molar-refractivity contribution < 1.29 is 8.42 Å². The first kappa shape index (κ1) is 13.3. The van der Waals surface area contributed by atoms with Gasteiger partial charge in [0.2, 0.25) is 10.0 Å². The molecule has 16 heavy (non-hydrogen) atoms. The molecule has 0 radical (unpaired) electrons. The van der Waals surface area contributed by atoms with Gasteiger partial charge in [0, 0.05) is 10.2 Å². The summed E-state index contributed by atoms with van der Waals surface area (Å²) in [6.07, 6.45) is 0. The highest BCUT2D eigenvalue weighted by atomic mass is 79.9. The lowest BCUT2D eigenvalue weighted by Gasteiger charge is -2.21. The van der Waals surface area contributed by atoms with Gasteiger partial charge < -0.3 is 5.73 Å². The van der Waals surface area contributed by atoms with Crippen LogP contribution in [0.5, 0.6) is 0 Å². The number of hydrogen-bond acceptors (Lipinski definition) is 3. The normalized spacial score (nSPS) is 12.5. The summed E-state index contributed by atoms with van der Waals surface area (Å²) >= 11 is 3.27. The third-order valence-electron chi connectivity index (χ3n) is 2.04. The zero-order valence-electron chi connectivity index (χ0n) is 9.41. The number of benzene rings is 1. The molecule has 0 saturated heterocycles. The van der Waals surface area contributed by atoms with E-state index in [1.165, 1.54) is 0 Å². The number of anilines is 2. The van der Waals surface area contributed by atoms with Crippen LogP contribution in [0.3, 0.4) is 0 Å². The van der Waals surface area contributed by atoms with E-state index in [9.17, 15) is 8.42 Å². The van der Waals surface area contributed by atoms with Gasteiger partial charge in [0.25, 0.3) is 0 Å². The Morgan fingerprint density at radius 3 is 2.38 bits per heavy atom. The number of nitrogens with two attached hydrogens (primary N) is 1. The Kier molecular flexibility index (Phi) is 3.54. The van der Waals surface area contributed by atoms with E-state index in [0.29, 0.717) is 15.8 Å². The van der Waals surface area contributed by atoms with Gasteiger partial charge in [-0.05, 0) is 54.9 Å². The molecule has 0 saturated carbocycles. The van der Waals surface area contributed by atoms with Crippen molar-refractivity contribution in [2.75, 3.05) is 10.5 Å². The van der Waals surface area contributed by atoms with Gasteiger partial charge in [0.15, 0.2) is 0 Å². The van der Waals surface area contributed by atoms with Crippen molar-refractivity contribution in [1.82, 2.24) is 0 Å². The van der Waals surface area contributed by atoms with Gasteiger partial charge in [0.1, 0.15) is 0 Å². The minimum absolute atomic E-state index is 0.454. The van der Waals surface area contributed by atoms with Crippen LogP contribution in [0.25, 0.3) is 0 Å². The van der Waals surface area contributed by atoms with Crippen LogP contribution in [0, 0.1) is 0 Å². The highest BCUT2D eigenvalue weighted by Gasteiger charge is 2.29. The maximum atomic E-state index is 11.9. The van der Waals surface area contributed by atoms with Gasteiger partial charge in [0.05, 0.1) is 10.4 Å². The number of rotatable bonds is 2. The van der Waals surface area contributed by atoms with E-state index in [0.717, 1.165) is 0 Å². The van der Waals surface area contributed by atoms with Crippen molar-refractivity contribution in [2.24, 2.45) is 0 Å². The minimum atomic E-state index is -3.43. The number of nitrogens with one attached hydrogen (secondary N) is 1. The Labute approximate surface area is 104 Å². The molecule has 0 aliphatic heterocycles. The molecule has 0 spiro atoms. The monoisotopic (exact) mass is 306 g/mol. The van der Waals surface area contributed by atoms with Gasteiger partial charge in [-0.25, -0.2) is 8.42 Å². The predicted molar refractivity (Wildman–Crippen MR) is 70.8 cm³/mol. The Bertz CT molecular complexity index is 492. The summed E-state index contributed by atoms with van der Waals surface area (Å²) in [6, 6.07) is 4.97. The molecular weight excluding hydrogens is 292 g/mol. The van der Waals surface area contributed by atoms with Gasteiger partial charge in [-0.3, -0.25) is 4.72 Å². The van der Waals surface area contributed by atoms with Gasteiger partial charge in [-0.1, -0.05) is 0 Å². The van der Waals surface area contributed by atoms with Crippen molar-refractivity contribution in [3.05, 3.63) is 22.7 Å². The second-order valence-electron chi connectivity index (χ2n) is 4.46. The van der Waals surface area contributed by atoms with E-state index in [2.05, 4.69) is 20.7 Å². The average Bonchev–Trinajstić information content (AvgIpc) is 2.09. The summed E-state index contributed by atoms with van der Waals surface area (Å²) in [7, 11) is -3.43. The Hall–Kier alpha value is -0.750. The quantitative estimate of drug-likeness (QED) is 0.825. The molecule has 0 aliphatic carbocycles. The topological polar surface area (TPSA) is 72.2 Å². The average molecular weight is 307 g/mol. The zero-order chi connectivity index (χ0) is 12.6. The molecule has 0 aromatic heterocycles. The molecule has 0 bridgehead atoms. The molecule has 0 fully saturated rings. The van der Waals surface area contributed by atoms with Crippen molar-refractivity contribution in [3.63, 3.8) is 0 Å². The highest BCUT2D eigenvalue weighted by molar-refractivity contribution is 9.10. The fourth-order valence-electron chi connectivity index (χ4n) is 0.919. The van der Waals surface area contributed by atoms with Crippen LogP contribution in [0.2, 0.25) is 0 Å². The molecule has 1 aromatic carbocycles. The van der Waals surface area contributed by atoms with Crippen LogP contribution in [0.4, 0.5) is 11.4 Å². The molecule has 3 N–H and O–H groups in total. The van der Waals surface area contributed by atoms with Gasteiger partial charge in [-0.15, -0.1) is 0 Å². The van der Waals surface area contributed by atoms with Gasteiger partial charge >= 0.3 is 0 Å². The molecule has 0 atom stereocenters. The van der Waals surface area contributed by atoms with Crippen LogP contribution in [-0.2, 0) is 10.0 Å². The van der Waals surface area contributed by atoms with Crippen molar-refractivity contribution >= 4 is 37.3 Å². The minimum Gasteiger partial charge on any atom is -0.399 e. The number of halogens is 1. The van der Waals surface area contributed by atoms with E-state index in [1.807, 2.05) is 0 Å². The third kappa shape index (κ3) is 2.89. The molecule has 0 aliphatic rings. The molecule has 0 unspecified atom stereocenters. The standard InChI is InChI=1S/C10H15BrN2O2S/c1-10(2,3)16(14,15)13-9-6-7(12)4-5-8(9)11/h4-6,13H,12H2,1-3H3. The first-order valence-electron chi connectivity index (χ1n) is 4.71. The smallest absolute Gasteiger partial charge is 0.237 e. The first-order valence-corrected chi connectivity index (χ1v) is 6.98. The second kappa shape index (κ2) is 4.25. The largest absolute Gasteiger partial charge is 0.399 e. The summed E-state index contributed by atoms with van der Waals surface area (Å²) in [5.41, 5.74) is 6.56. The summed E-state index contributed by atoms with van der Waals surface area (Å²) < 4.78 is 26.1. The maximum absolute atomic E-state index is 11.9. The molecule has 0 amide bonds. The highest BCUT2D eigenvalue weighted by Crippen LogP contribution is 2.28. The second-order valence-corrected chi connectivity index (χ2v) is 7.75. The third-order valence-corrected chi connectivity index (χ3v) is 4.83. The molecular formula is C10H15BrN2O2S. The fourth-order valence-corrected chi connectivity index (χ4v) is 2.16. The van der Waals surface area contributed by atoms with E-state index < -0.39 is 14.8 Å². The van der Waals surface area contributed by atoms with Crippen LogP contribution in [0.1, 0.15) is 20.8 Å². The molecule has 1 rings (SSSR count). The SMILES string of the molecule is CC(C)(C)S(=O)(=O)Nc1cc(N)ccc1Br. The number of sulfonamides is 1. The first-order chi connectivity index (χ1) is 7.13. The fraction of sp³-hybridized carbons (Fsp3) is 0.400. The zero-order valence-corrected chi connectivity index (χ0v) is 11.8. The molecule has 1 aromatic rings. The Balaban J connectivity index is 3.11. The predicted octanol–water partition coefficient (Wildman–Crippen LogP) is 2.57. The van der Waals surface area contributed by atoms with Crippen LogP contribution >= 0.6 is 15.9 Å². The summed E-state index contributed by atoms with van der Waals surface area (Å²) in [5, 5.41) is 0. The van der Waals surface area contributed by atoms with Crippen LogP contribution in [-0.4, -0.2) is 13.2 Å². The lowest BCUT2D eigenvalue weighted by atomic mass is 10.3. The van der Waals surface area contributed by atoms with Crippen molar-refractivity contribution in [3.8, 4) is 0 Å². The Morgan fingerprint density at radius 1 is 1.31 bits per heavy atom. The summed E-state index contributed by atoms with van der Waals surface area (Å²) in [6.45, 7) is 4.90. The molecule has 90 valence electrons. The number of nitrogen functional groups attached to an aromatic ring is 1. The number of hydrogen-bond donors (Lipinski definition) is 2. The molecule has 0 heterocycles. The van der Waals surface area contributed by atoms with E-state index in [4.69, 9.17) is 5.73 Å². The van der Waals surface area contributed by atoms with Gasteiger partial charge in [-0.2, -0.15) is 0 Å². The lowest BCUT2D eigenvalue weighted by Crippen LogP contribution is -2.33. The van der Waals surface area contributed by atoms with Crippen molar-refractivity contribution in [2.45, 2.75) is 25.5 Å². The van der Waals surface area contributed by atoms with E-state index in [-0.39, 0.29) is 0 Å². The van der Waals surface area contributed by atoms with Crippen LogP contribution < -0.4 is 10.5 Å². The maximum Gasteiger partial charge on any atom is 0.237 e. The molecule has 4 nitrogen and oxygen atoms in total. The lowest BCUT2D eigenvalue weighted by molar-refractivity contribution is 0.566. The van der Waals surface area contributed by atoms with E-state index in [1.54, 1.807) is 39.0 Å². The van der Waals surface area contributed by atoms with E-state index >= 15 is 0 Å². The summed E-state index contributed by atoms with van der Waals surface area (Å²) in [4.78, 5) is 0. The molecule has 6 heteroatoms. The Morgan fingerprint density at radius 2 is 1.88 bits per heavy atom. The van der Waals surface area contributed by atoms with Crippen LogP contribution in [0.15, 0.2) is 22.7 Å². The summed E-state index contributed by atoms with van der Waals surface area (Å²) in [5.74, 6) is 0. The van der Waals surface area contributed by atoms with Crippen molar-refractivity contribution in [1.29, 1.82) is 0 Å².